The largest absolute Gasteiger partial charge is 0.376 e. The number of ether oxygens (including phenoxy) is 1. The molecule has 4 heteroatoms. The second-order valence-corrected chi connectivity index (χ2v) is 5.65. The highest BCUT2D eigenvalue weighted by molar-refractivity contribution is 5.21. The van der Waals surface area contributed by atoms with Gasteiger partial charge in [0, 0.05) is 25.6 Å². The fourth-order valence-electron chi connectivity index (χ4n) is 2.58. The van der Waals surface area contributed by atoms with Gasteiger partial charge in [0.25, 0.3) is 0 Å². The fourth-order valence-corrected chi connectivity index (χ4v) is 2.58. The number of aryl methyl sites for hydroxylation is 1. The van der Waals surface area contributed by atoms with Crippen LogP contribution in [0.5, 0.6) is 0 Å². The number of halogens is 1. The quantitative estimate of drug-likeness (QED) is 0.839. The van der Waals surface area contributed by atoms with Gasteiger partial charge >= 0.3 is 0 Å². The van der Waals surface area contributed by atoms with Crippen molar-refractivity contribution < 1.29 is 9.13 Å². The standard InChI is InChI=1S/C15H19FN2O/c1-15(2)9-11(5-7-19-15)12-8-13(16)14(18-10-12)4-3-6-17/h8,10-11H,3-5,7,9H2,1-2H3. The van der Waals surface area contributed by atoms with Crippen LogP contribution in [0.3, 0.4) is 0 Å². The summed E-state index contributed by atoms with van der Waals surface area (Å²) in [5.41, 5.74) is 1.17. The summed E-state index contributed by atoms with van der Waals surface area (Å²) in [5, 5.41) is 8.52. The molecule has 1 aromatic rings. The van der Waals surface area contributed by atoms with E-state index in [0.29, 0.717) is 31.1 Å². The van der Waals surface area contributed by atoms with Gasteiger partial charge in [-0.15, -0.1) is 0 Å². The highest BCUT2D eigenvalue weighted by Crippen LogP contribution is 2.35. The van der Waals surface area contributed by atoms with E-state index in [-0.39, 0.29) is 11.4 Å². The summed E-state index contributed by atoms with van der Waals surface area (Å²) >= 11 is 0. The van der Waals surface area contributed by atoms with E-state index in [1.54, 1.807) is 12.3 Å². The Kier molecular flexibility index (Phi) is 4.16. The summed E-state index contributed by atoms with van der Waals surface area (Å²) in [7, 11) is 0. The van der Waals surface area contributed by atoms with Crippen molar-refractivity contribution in [3.05, 3.63) is 29.3 Å². The number of pyridine rings is 1. The average Bonchev–Trinajstić information content (AvgIpc) is 2.36. The minimum absolute atomic E-state index is 0.154. The van der Waals surface area contributed by atoms with Crippen molar-refractivity contribution in [1.82, 2.24) is 4.98 Å². The van der Waals surface area contributed by atoms with Crippen LogP contribution >= 0.6 is 0 Å². The first-order chi connectivity index (χ1) is 9.02. The van der Waals surface area contributed by atoms with Gasteiger partial charge in [-0.1, -0.05) is 0 Å². The van der Waals surface area contributed by atoms with Crippen LogP contribution in [0, 0.1) is 17.1 Å². The van der Waals surface area contributed by atoms with Gasteiger partial charge < -0.3 is 4.74 Å². The summed E-state index contributed by atoms with van der Waals surface area (Å²) in [6.45, 7) is 4.82. The van der Waals surface area contributed by atoms with Gasteiger partial charge in [0.2, 0.25) is 0 Å². The Balaban J connectivity index is 2.13. The Labute approximate surface area is 113 Å². The minimum atomic E-state index is -0.294. The van der Waals surface area contributed by atoms with Crippen LogP contribution in [-0.4, -0.2) is 17.2 Å². The number of hydrogen-bond acceptors (Lipinski definition) is 3. The zero-order chi connectivity index (χ0) is 13.9. The molecule has 0 spiro atoms. The number of rotatable bonds is 3. The molecule has 2 heterocycles. The summed E-state index contributed by atoms with van der Waals surface area (Å²) in [6, 6.07) is 3.58. The van der Waals surface area contributed by atoms with Crippen molar-refractivity contribution >= 4 is 0 Å². The fraction of sp³-hybridized carbons (Fsp3) is 0.600. The Bertz CT molecular complexity index is 493. The monoisotopic (exact) mass is 262 g/mol. The normalized spacial score (nSPS) is 21.9. The van der Waals surface area contributed by atoms with Crippen LogP contribution in [0.2, 0.25) is 0 Å². The molecule has 1 aliphatic rings. The Hall–Kier alpha value is -1.47. The molecule has 1 aromatic heterocycles. The molecule has 0 aromatic carbocycles. The lowest BCUT2D eigenvalue weighted by Crippen LogP contribution is -2.33. The van der Waals surface area contributed by atoms with Crippen molar-refractivity contribution in [3.8, 4) is 6.07 Å². The second kappa shape index (κ2) is 5.66. The Morgan fingerprint density at radius 1 is 1.58 bits per heavy atom. The first-order valence-corrected chi connectivity index (χ1v) is 6.67. The molecule has 2 rings (SSSR count). The van der Waals surface area contributed by atoms with Crippen molar-refractivity contribution in [2.45, 2.75) is 51.0 Å². The number of aromatic nitrogens is 1. The molecule has 1 saturated heterocycles. The maximum absolute atomic E-state index is 13.9. The second-order valence-electron chi connectivity index (χ2n) is 5.65. The molecule has 1 fully saturated rings. The predicted molar refractivity (Wildman–Crippen MR) is 70.1 cm³/mol. The van der Waals surface area contributed by atoms with Crippen LogP contribution in [0.15, 0.2) is 12.3 Å². The molecule has 1 atom stereocenters. The lowest BCUT2D eigenvalue weighted by atomic mass is 9.84. The number of nitrogens with zero attached hydrogens (tertiary/aromatic N) is 2. The molecule has 1 aliphatic heterocycles. The average molecular weight is 262 g/mol. The predicted octanol–water partition coefficient (Wildman–Crippen LogP) is 3.35. The Morgan fingerprint density at radius 3 is 3.00 bits per heavy atom. The smallest absolute Gasteiger partial charge is 0.145 e. The van der Waals surface area contributed by atoms with E-state index in [9.17, 15) is 4.39 Å². The molecule has 102 valence electrons. The van der Waals surface area contributed by atoms with Gasteiger partial charge in [-0.05, 0) is 44.2 Å². The van der Waals surface area contributed by atoms with E-state index in [2.05, 4.69) is 18.8 Å². The third-order valence-corrected chi connectivity index (χ3v) is 3.58. The summed E-state index contributed by atoms with van der Waals surface area (Å²) < 4.78 is 19.6. The molecule has 0 amide bonds. The van der Waals surface area contributed by atoms with Crippen LogP contribution in [0.4, 0.5) is 4.39 Å². The lowest BCUT2D eigenvalue weighted by molar-refractivity contribution is -0.0593. The zero-order valence-electron chi connectivity index (χ0n) is 11.4. The number of hydrogen-bond donors (Lipinski definition) is 0. The SMILES string of the molecule is CC1(C)CC(c2cnc(CCC#N)c(F)c2)CCO1. The van der Waals surface area contributed by atoms with Crippen LogP contribution < -0.4 is 0 Å². The summed E-state index contributed by atoms with van der Waals surface area (Å²) in [5.74, 6) is 0.00724. The maximum Gasteiger partial charge on any atom is 0.145 e. The molecule has 0 aliphatic carbocycles. The van der Waals surface area contributed by atoms with Gasteiger partial charge in [0.15, 0.2) is 0 Å². The topological polar surface area (TPSA) is 45.9 Å². The van der Waals surface area contributed by atoms with Crippen molar-refractivity contribution in [2.75, 3.05) is 6.61 Å². The van der Waals surface area contributed by atoms with E-state index in [4.69, 9.17) is 10.00 Å². The van der Waals surface area contributed by atoms with E-state index < -0.39 is 0 Å². The van der Waals surface area contributed by atoms with Gasteiger partial charge in [-0.2, -0.15) is 5.26 Å². The first-order valence-electron chi connectivity index (χ1n) is 6.67. The van der Waals surface area contributed by atoms with Gasteiger partial charge in [-0.25, -0.2) is 4.39 Å². The molecule has 3 nitrogen and oxygen atoms in total. The lowest BCUT2D eigenvalue weighted by Gasteiger charge is -2.35. The van der Waals surface area contributed by atoms with Gasteiger partial charge in [0.05, 0.1) is 17.4 Å². The molecule has 0 bridgehead atoms. The minimum Gasteiger partial charge on any atom is -0.376 e. The Morgan fingerprint density at radius 2 is 2.37 bits per heavy atom. The molecule has 1 unspecified atom stereocenters. The van der Waals surface area contributed by atoms with Gasteiger partial charge in [0.1, 0.15) is 5.82 Å². The molecule has 0 saturated carbocycles. The van der Waals surface area contributed by atoms with Crippen LogP contribution in [0.1, 0.15) is 50.3 Å². The molecular formula is C15H19FN2O. The third-order valence-electron chi connectivity index (χ3n) is 3.58. The summed E-state index contributed by atoms with van der Waals surface area (Å²) in [4.78, 5) is 4.17. The van der Waals surface area contributed by atoms with Crippen molar-refractivity contribution in [3.63, 3.8) is 0 Å². The van der Waals surface area contributed by atoms with Crippen LogP contribution in [-0.2, 0) is 11.2 Å². The van der Waals surface area contributed by atoms with E-state index in [0.717, 1.165) is 18.4 Å². The first kappa shape index (κ1) is 14.0. The van der Waals surface area contributed by atoms with E-state index >= 15 is 0 Å². The number of nitriles is 1. The van der Waals surface area contributed by atoms with E-state index in [1.165, 1.54) is 0 Å². The molecule has 0 radical (unpaired) electrons. The molecule has 19 heavy (non-hydrogen) atoms. The summed E-state index contributed by atoms with van der Waals surface area (Å²) in [6.07, 6.45) is 4.21. The highest BCUT2D eigenvalue weighted by atomic mass is 19.1. The maximum atomic E-state index is 13.9. The van der Waals surface area contributed by atoms with E-state index in [1.807, 2.05) is 6.07 Å². The molecular weight excluding hydrogens is 243 g/mol. The van der Waals surface area contributed by atoms with Crippen molar-refractivity contribution in [1.29, 1.82) is 5.26 Å². The van der Waals surface area contributed by atoms with Crippen molar-refractivity contribution in [2.24, 2.45) is 0 Å². The molecule has 0 N–H and O–H groups in total. The van der Waals surface area contributed by atoms with Crippen LogP contribution in [0.25, 0.3) is 0 Å². The van der Waals surface area contributed by atoms with Gasteiger partial charge in [-0.3, -0.25) is 4.98 Å². The zero-order valence-corrected chi connectivity index (χ0v) is 11.4. The highest BCUT2D eigenvalue weighted by Gasteiger charge is 2.30. The third kappa shape index (κ3) is 3.51.